The van der Waals surface area contributed by atoms with Gasteiger partial charge in [-0.25, -0.2) is 4.68 Å². The molecule has 4 aromatic rings. The lowest BCUT2D eigenvalue weighted by atomic mass is 10.2. The fourth-order valence-electron chi connectivity index (χ4n) is 2.94. The first-order valence-electron chi connectivity index (χ1n) is 9.41. The molecule has 0 bridgehead atoms. The highest BCUT2D eigenvalue weighted by molar-refractivity contribution is 5.92. The van der Waals surface area contributed by atoms with Crippen LogP contribution in [0.3, 0.4) is 0 Å². The molecule has 1 amide bonds. The highest BCUT2D eigenvalue weighted by Crippen LogP contribution is 2.16. The Hall–Kier alpha value is -3.80. The second kappa shape index (κ2) is 8.93. The number of hydrogen-bond donors (Lipinski definition) is 1. The third-order valence-corrected chi connectivity index (χ3v) is 4.45. The molecule has 0 aliphatic carbocycles. The minimum absolute atomic E-state index is 0.253. The standard InChI is InChI=1S/C23H21N3O3/c27-23(22-19(12-14-28-22)17-29-21-9-5-2-6-10-21)24-13-11-18-15-25-26(16-18)20-7-3-1-4-8-20/h1-10,12,14-16H,11,13,17H2,(H,24,27). The molecule has 0 aliphatic rings. The quantitative estimate of drug-likeness (QED) is 0.496. The number of nitrogens with zero attached hydrogens (tertiary/aromatic N) is 2. The van der Waals surface area contributed by atoms with E-state index in [9.17, 15) is 4.79 Å². The molecule has 0 spiro atoms. The summed E-state index contributed by atoms with van der Waals surface area (Å²) >= 11 is 0. The van der Waals surface area contributed by atoms with E-state index in [2.05, 4.69) is 10.4 Å². The first-order chi connectivity index (χ1) is 14.3. The van der Waals surface area contributed by atoms with Crippen LogP contribution in [0.25, 0.3) is 5.69 Å². The third-order valence-electron chi connectivity index (χ3n) is 4.45. The number of aromatic nitrogens is 2. The largest absolute Gasteiger partial charge is 0.489 e. The normalized spacial score (nSPS) is 10.6. The number of furan rings is 1. The summed E-state index contributed by atoms with van der Waals surface area (Å²) in [7, 11) is 0. The Kier molecular flexibility index (Phi) is 5.71. The van der Waals surface area contributed by atoms with E-state index in [1.165, 1.54) is 6.26 Å². The van der Waals surface area contributed by atoms with Gasteiger partial charge in [0.25, 0.3) is 5.91 Å². The molecular weight excluding hydrogens is 366 g/mol. The van der Waals surface area contributed by atoms with Gasteiger partial charge >= 0.3 is 0 Å². The maximum Gasteiger partial charge on any atom is 0.287 e. The second-order valence-corrected chi connectivity index (χ2v) is 6.51. The zero-order chi connectivity index (χ0) is 19.9. The summed E-state index contributed by atoms with van der Waals surface area (Å²) in [5, 5.41) is 7.27. The molecule has 0 fully saturated rings. The Morgan fingerprint density at radius 1 is 1.03 bits per heavy atom. The maximum atomic E-state index is 12.5. The molecule has 2 aromatic carbocycles. The van der Waals surface area contributed by atoms with Crippen LogP contribution in [0.1, 0.15) is 21.7 Å². The van der Waals surface area contributed by atoms with Crippen LogP contribution in [-0.4, -0.2) is 22.2 Å². The van der Waals surface area contributed by atoms with Gasteiger partial charge in [0.1, 0.15) is 12.4 Å². The van der Waals surface area contributed by atoms with Gasteiger partial charge in [0, 0.05) is 18.3 Å². The first kappa shape index (κ1) is 18.6. The van der Waals surface area contributed by atoms with Crippen molar-refractivity contribution in [2.75, 3.05) is 6.54 Å². The van der Waals surface area contributed by atoms with Gasteiger partial charge in [-0.15, -0.1) is 0 Å². The van der Waals surface area contributed by atoms with Gasteiger partial charge in [0.05, 0.1) is 18.1 Å². The molecule has 0 atom stereocenters. The van der Waals surface area contributed by atoms with E-state index in [4.69, 9.17) is 9.15 Å². The molecule has 0 radical (unpaired) electrons. The molecule has 0 saturated heterocycles. The molecule has 2 heterocycles. The second-order valence-electron chi connectivity index (χ2n) is 6.51. The van der Waals surface area contributed by atoms with Crippen LogP contribution in [0.2, 0.25) is 0 Å². The van der Waals surface area contributed by atoms with Crippen LogP contribution in [-0.2, 0) is 13.0 Å². The van der Waals surface area contributed by atoms with Crippen molar-refractivity contribution in [1.82, 2.24) is 15.1 Å². The van der Waals surface area contributed by atoms with Crippen molar-refractivity contribution in [3.05, 3.63) is 102 Å². The highest BCUT2D eigenvalue weighted by atomic mass is 16.5. The summed E-state index contributed by atoms with van der Waals surface area (Å²) in [6.07, 6.45) is 5.95. The number of benzene rings is 2. The summed E-state index contributed by atoms with van der Waals surface area (Å²) in [6, 6.07) is 21.1. The first-order valence-corrected chi connectivity index (χ1v) is 9.41. The number of hydrogen-bond acceptors (Lipinski definition) is 4. The maximum absolute atomic E-state index is 12.5. The summed E-state index contributed by atoms with van der Waals surface area (Å²) in [5.74, 6) is 0.772. The average molecular weight is 387 g/mol. The fourth-order valence-corrected chi connectivity index (χ4v) is 2.94. The molecule has 0 unspecified atom stereocenters. The van der Waals surface area contributed by atoms with E-state index in [0.29, 0.717) is 18.5 Å². The van der Waals surface area contributed by atoms with Crippen molar-refractivity contribution in [2.45, 2.75) is 13.0 Å². The van der Waals surface area contributed by atoms with Crippen LogP contribution in [0, 0.1) is 0 Å². The van der Waals surface area contributed by atoms with Crippen LogP contribution in [0.4, 0.5) is 0 Å². The lowest BCUT2D eigenvalue weighted by Gasteiger charge is -2.07. The number of rotatable bonds is 8. The molecule has 0 aliphatic heterocycles. The predicted molar refractivity (Wildman–Crippen MR) is 109 cm³/mol. The molecule has 6 nitrogen and oxygen atoms in total. The van der Waals surface area contributed by atoms with E-state index >= 15 is 0 Å². The Bertz CT molecular complexity index is 1060. The molecular formula is C23H21N3O3. The van der Waals surface area contributed by atoms with Crippen LogP contribution in [0.5, 0.6) is 5.75 Å². The number of carbonyl (C=O) groups excluding carboxylic acids is 1. The van der Waals surface area contributed by atoms with E-state index in [1.807, 2.05) is 77.7 Å². The Labute approximate surface area is 168 Å². The van der Waals surface area contributed by atoms with Gasteiger partial charge < -0.3 is 14.5 Å². The molecule has 6 heteroatoms. The number of carbonyl (C=O) groups is 1. The van der Waals surface area contributed by atoms with Crippen LogP contribution in [0.15, 0.2) is 89.8 Å². The van der Waals surface area contributed by atoms with E-state index in [0.717, 1.165) is 17.0 Å². The fraction of sp³-hybridized carbons (Fsp3) is 0.130. The van der Waals surface area contributed by atoms with Gasteiger partial charge in [0.15, 0.2) is 5.76 Å². The Morgan fingerprint density at radius 3 is 2.59 bits per heavy atom. The van der Waals surface area contributed by atoms with Gasteiger partial charge in [-0.3, -0.25) is 4.79 Å². The van der Waals surface area contributed by atoms with Crippen LogP contribution >= 0.6 is 0 Å². The van der Waals surface area contributed by atoms with E-state index in [1.54, 1.807) is 6.07 Å². The van der Waals surface area contributed by atoms with Crippen molar-refractivity contribution in [1.29, 1.82) is 0 Å². The molecule has 4 rings (SSSR count). The van der Waals surface area contributed by atoms with Crippen molar-refractivity contribution < 1.29 is 13.9 Å². The molecule has 2 aromatic heterocycles. The van der Waals surface area contributed by atoms with Crippen LogP contribution < -0.4 is 10.1 Å². The van der Waals surface area contributed by atoms with Gasteiger partial charge in [-0.2, -0.15) is 5.10 Å². The lowest BCUT2D eigenvalue weighted by molar-refractivity contribution is 0.0923. The Balaban J connectivity index is 1.29. The van der Waals surface area contributed by atoms with Crippen molar-refractivity contribution in [3.63, 3.8) is 0 Å². The highest BCUT2D eigenvalue weighted by Gasteiger charge is 2.15. The number of nitrogens with one attached hydrogen (secondary N) is 1. The summed E-state index contributed by atoms with van der Waals surface area (Å²) in [5.41, 5.74) is 2.76. The smallest absolute Gasteiger partial charge is 0.287 e. The summed E-state index contributed by atoms with van der Waals surface area (Å²) in [6.45, 7) is 0.756. The van der Waals surface area contributed by atoms with Crippen molar-refractivity contribution in [3.8, 4) is 11.4 Å². The van der Waals surface area contributed by atoms with Gasteiger partial charge in [-0.1, -0.05) is 36.4 Å². The topological polar surface area (TPSA) is 69.3 Å². The van der Waals surface area contributed by atoms with Crippen molar-refractivity contribution in [2.24, 2.45) is 0 Å². The minimum atomic E-state index is -0.253. The minimum Gasteiger partial charge on any atom is -0.489 e. The molecule has 0 saturated carbocycles. The summed E-state index contributed by atoms with van der Waals surface area (Å²) < 4.78 is 12.9. The predicted octanol–water partition coefficient (Wildman–Crippen LogP) is 4.02. The van der Waals surface area contributed by atoms with E-state index < -0.39 is 0 Å². The molecule has 1 N–H and O–H groups in total. The van der Waals surface area contributed by atoms with Crippen molar-refractivity contribution >= 4 is 5.91 Å². The summed E-state index contributed by atoms with van der Waals surface area (Å²) in [4.78, 5) is 12.5. The van der Waals surface area contributed by atoms with Gasteiger partial charge in [0.2, 0.25) is 0 Å². The molecule has 146 valence electrons. The number of ether oxygens (including phenoxy) is 1. The zero-order valence-corrected chi connectivity index (χ0v) is 15.8. The lowest BCUT2D eigenvalue weighted by Crippen LogP contribution is -2.26. The Morgan fingerprint density at radius 2 is 1.79 bits per heavy atom. The average Bonchev–Trinajstić information content (AvgIpc) is 3.43. The molecule has 29 heavy (non-hydrogen) atoms. The number of para-hydroxylation sites is 2. The van der Waals surface area contributed by atoms with Gasteiger partial charge in [-0.05, 0) is 42.3 Å². The monoisotopic (exact) mass is 387 g/mol. The zero-order valence-electron chi connectivity index (χ0n) is 15.8. The van der Waals surface area contributed by atoms with E-state index in [-0.39, 0.29) is 18.3 Å². The number of amides is 1. The SMILES string of the molecule is O=C(NCCc1cnn(-c2ccccc2)c1)c1occc1COc1ccccc1. The third kappa shape index (κ3) is 4.73.